The van der Waals surface area contributed by atoms with Crippen LogP contribution in [0.2, 0.25) is 0 Å². The lowest BCUT2D eigenvalue weighted by Crippen LogP contribution is -2.46. The van der Waals surface area contributed by atoms with Crippen molar-refractivity contribution in [3.05, 3.63) is 23.3 Å². The van der Waals surface area contributed by atoms with Crippen LogP contribution in [0, 0.1) is 34.5 Å². The van der Waals surface area contributed by atoms with E-state index in [1.54, 1.807) is 12.5 Å². The van der Waals surface area contributed by atoms with Gasteiger partial charge in [0.2, 0.25) is 0 Å². The summed E-state index contributed by atoms with van der Waals surface area (Å²) in [5.74, 6) is 2.36. The van der Waals surface area contributed by atoms with Crippen LogP contribution in [0.3, 0.4) is 0 Å². The molecule has 0 saturated heterocycles. The van der Waals surface area contributed by atoms with Crippen LogP contribution in [0.1, 0.15) is 66.2 Å². The van der Waals surface area contributed by atoms with E-state index in [0.29, 0.717) is 23.4 Å². The van der Waals surface area contributed by atoms with E-state index in [4.69, 9.17) is 0 Å². The molecule has 0 bridgehead atoms. The normalized spacial score (nSPS) is 47.2. The lowest BCUT2D eigenvalue weighted by Gasteiger charge is -2.54. The molecule has 4 rings (SSSR count). The quantitative estimate of drug-likeness (QED) is 0.643. The van der Waals surface area contributed by atoms with E-state index in [1.165, 1.54) is 18.4 Å². The molecule has 2 heteroatoms. The minimum absolute atomic E-state index is 0.0892. The summed E-state index contributed by atoms with van der Waals surface area (Å²) in [7, 11) is 0. The predicted octanol–water partition coefficient (Wildman–Crippen LogP) is 4.89. The average Bonchev–Trinajstić information content (AvgIpc) is 2.86. The predicted molar refractivity (Wildman–Crippen MR) is 95.4 cm³/mol. The van der Waals surface area contributed by atoms with Crippen molar-refractivity contribution in [1.82, 2.24) is 0 Å². The maximum atomic E-state index is 12.2. The van der Waals surface area contributed by atoms with Gasteiger partial charge in [-0.2, -0.15) is 0 Å². The Hall–Kier alpha value is -1.18. The molecule has 1 unspecified atom stereocenters. The van der Waals surface area contributed by atoms with Crippen LogP contribution in [0.25, 0.3) is 0 Å². The molecular formula is C22H30O2. The lowest BCUT2D eigenvalue weighted by atomic mass is 9.50. The number of rotatable bonds is 1. The van der Waals surface area contributed by atoms with Gasteiger partial charge in [-0.1, -0.05) is 38.0 Å². The lowest BCUT2D eigenvalue weighted by molar-refractivity contribution is -0.125. The zero-order valence-electron chi connectivity index (χ0n) is 15.5. The van der Waals surface area contributed by atoms with Crippen molar-refractivity contribution in [1.29, 1.82) is 0 Å². The molecule has 2 fully saturated rings. The smallest absolute Gasteiger partial charge is 0.158 e. The van der Waals surface area contributed by atoms with Crippen molar-refractivity contribution >= 4 is 11.6 Å². The largest absolute Gasteiger partial charge is 0.300 e. The highest BCUT2D eigenvalue weighted by Gasteiger charge is 2.57. The standard InChI is InChI=1S/C22H30O2/c1-13-12-22(4)15(11-20(13)24)5-6-16-18-8-7-17(14(2)23)21(18,3)10-9-19(16)22/h9,11,13,16-18H,5-8,10,12H2,1-4H3/t13?,16-,17+,18-,21+,22-/m0/s1. The molecule has 0 amide bonds. The van der Waals surface area contributed by atoms with Gasteiger partial charge in [-0.15, -0.1) is 0 Å². The Balaban J connectivity index is 1.75. The number of Topliss-reactive ketones (excluding diaryl/α,β-unsaturated/α-hetero) is 1. The highest BCUT2D eigenvalue weighted by molar-refractivity contribution is 5.93. The minimum atomic E-state index is 0.0892. The Morgan fingerprint density at radius 3 is 2.67 bits per heavy atom. The molecule has 0 aromatic carbocycles. The van der Waals surface area contributed by atoms with E-state index in [0.717, 1.165) is 25.7 Å². The molecule has 0 aliphatic heterocycles. The van der Waals surface area contributed by atoms with Gasteiger partial charge in [0.15, 0.2) is 5.78 Å². The highest BCUT2D eigenvalue weighted by Crippen LogP contribution is 2.64. The average molecular weight is 326 g/mol. The Labute approximate surface area is 145 Å². The molecule has 4 aliphatic carbocycles. The molecule has 24 heavy (non-hydrogen) atoms. The molecule has 0 aromatic rings. The van der Waals surface area contributed by atoms with Crippen molar-refractivity contribution in [2.45, 2.75) is 66.2 Å². The molecule has 4 aliphatic rings. The van der Waals surface area contributed by atoms with Crippen LogP contribution in [-0.2, 0) is 9.59 Å². The van der Waals surface area contributed by atoms with E-state index >= 15 is 0 Å². The maximum Gasteiger partial charge on any atom is 0.158 e. The summed E-state index contributed by atoms with van der Waals surface area (Å²) in [4.78, 5) is 24.3. The van der Waals surface area contributed by atoms with Gasteiger partial charge in [-0.3, -0.25) is 9.59 Å². The van der Waals surface area contributed by atoms with E-state index in [2.05, 4.69) is 26.8 Å². The summed E-state index contributed by atoms with van der Waals surface area (Å²) in [5, 5.41) is 0. The Bertz CT molecular complexity index is 669. The van der Waals surface area contributed by atoms with Gasteiger partial charge in [-0.05, 0) is 68.8 Å². The fourth-order valence-corrected chi connectivity index (χ4v) is 6.85. The van der Waals surface area contributed by atoms with Crippen molar-refractivity contribution in [2.75, 3.05) is 0 Å². The van der Waals surface area contributed by atoms with Crippen LogP contribution in [0.5, 0.6) is 0 Å². The van der Waals surface area contributed by atoms with Crippen molar-refractivity contribution in [3.63, 3.8) is 0 Å². The van der Waals surface area contributed by atoms with Crippen molar-refractivity contribution < 1.29 is 9.59 Å². The molecule has 0 spiro atoms. The van der Waals surface area contributed by atoms with Crippen LogP contribution >= 0.6 is 0 Å². The van der Waals surface area contributed by atoms with Gasteiger partial charge in [-0.25, -0.2) is 0 Å². The van der Waals surface area contributed by atoms with Gasteiger partial charge in [0.25, 0.3) is 0 Å². The molecule has 2 nitrogen and oxygen atoms in total. The molecule has 130 valence electrons. The van der Waals surface area contributed by atoms with Gasteiger partial charge >= 0.3 is 0 Å². The van der Waals surface area contributed by atoms with E-state index in [9.17, 15) is 9.59 Å². The summed E-state index contributed by atoms with van der Waals surface area (Å²) >= 11 is 0. The molecule has 0 heterocycles. The van der Waals surface area contributed by atoms with E-state index < -0.39 is 0 Å². The fraction of sp³-hybridized carbons (Fsp3) is 0.727. The number of hydrogen-bond donors (Lipinski definition) is 0. The van der Waals surface area contributed by atoms with E-state index in [-0.39, 0.29) is 22.7 Å². The van der Waals surface area contributed by atoms with Gasteiger partial charge in [0.05, 0.1) is 0 Å². The molecule has 0 aromatic heterocycles. The first-order valence-corrected chi connectivity index (χ1v) is 9.73. The zero-order valence-corrected chi connectivity index (χ0v) is 15.5. The number of fused-ring (bicyclic) bond motifs is 5. The first-order valence-electron chi connectivity index (χ1n) is 9.73. The monoisotopic (exact) mass is 326 g/mol. The van der Waals surface area contributed by atoms with Crippen molar-refractivity contribution in [2.24, 2.45) is 34.5 Å². The summed E-state index contributed by atoms with van der Waals surface area (Å²) in [6, 6.07) is 0. The van der Waals surface area contributed by atoms with Crippen LogP contribution in [-0.4, -0.2) is 11.6 Å². The molecule has 6 atom stereocenters. The Kier molecular flexibility index (Phi) is 3.50. The Morgan fingerprint density at radius 2 is 1.96 bits per heavy atom. The number of hydrogen-bond acceptors (Lipinski definition) is 2. The molecule has 2 saturated carbocycles. The van der Waals surface area contributed by atoms with Crippen LogP contribution in [0.15, 0.2) is 23.3 Å². The highest BCUT2D eigenvalue weighted by atomic mass is 16.1. The Morgan fingerprint density at radius 1 is 1.21 bits per heavy atom. The first kappa shape index (κ1) is 16.3. The SMILES string of the molecule is CC(=O)[C@H]1CC[C@H]2[C@@H]3CCC4=CC(=O)C(C)C[C@]4(C)C3=CC[C@]12C. The van der Waals surface area contributed by atoms with Gasteiger partial charge < -0.3 is 0 Å². The summed E-state index contributed by atoms with van der Waals surface area (Å²) < 4.78 is 0. The number of carbonyl (C=O) groups excluding carboxylic acids is 2. The second kappa shape index (κ2) is 5.16. The minimum Gasteiger partial charge on any atom is -0.300 e. The number of carbonyl (C=O) groups is 2. The molecule has 0 N–H and O–H groups in total. The van der Waals surface area contributed by atoms with Crippen molar-refractivity contribution in [3.8, 4) is 0 Å². The number of allylic oxidation sites excluding steroid dienone is 4. The number of ketones is 2. The third-order valence-electron chi connectivity index (χ3n) is 8.13. The zero-order chi connectivity index (χ0) is 17.3. The second-order valence-corrected chi connectivity index (χ2v) is 9.37. The summed E-state index contributed by atoms with van der Waals surface area (Å²) in [6.45, 7) is 8.61. The van der Waals surface area contributed by atoms with Gasteiger partial charge in [0.1, 0.15) is 5.78 Å². The molecular weight excluding hydrogens is 296 g/mol. The van der Waals surface area contributed by atoms with Crippen LogP contribution < -0.4 is 0 Å². The second-order valence-electron chi connectivity index (χ2n) is 9.37. The van der Waals surface area contributed by atoms with Gasteiger partial charge in [0, 0.05) is 17.3 Å². The fourth-order valence-electron chi connectivity index (χ4n) is 6.85. The topological polar surface area (TPSA) is 34.1 Å². The maximum absolute atomic E-state index is 12.2. The van der Waals surface area contributed by atoms with E-state index in [1.807, 2.05) is 6.08 Å². The summed E-state index contributed by atoms with van der Waals surface area (Å²) in [6.07, 6.45) is 11.0. The first-order chi connectivity index (χ1) is 11.3. The third kappa shape index (κ3) is 2.01. The molecule has 0 radical (unpaired) electrons. The third-order valence-corrected chi connectivity index (χ3v) is 8.13. The van der Waals surface area contributed by atoms with Crippen LogP contribution in [0.4, 0.5) is 0 Å². The summed E-state index contributed by atoms with van der Waals surface area (Å²) in [5.41, 5.74) is 3.23.